The zero-order valence-corrected chi connectivity index (χ0v) is 19.4. The Morgan fingerprint density at radius 2 is 1.86 bits per heavy atom. The molecule has 1 aliphatic rings. The van der Waals surface area contributed by atoms with Crippen LogP contribution in [0.2, 0.25) is 0 Å². The third kappa shape index (κ3) is 5.92. The van der Waals surface area contributed by atoms with Gasteiger partial charge in [-0.05, 0) is 55.8 Å². The van der Waals surface area contributed by atoms with Crippen LogP contribution in [0.5, 0.6) is 11.5 Å². The monoisotopic (exact) mass is 470 g/mol. The fourth-order valence-corrected chi connectivity index (χ4v) is 3.82. The Labute approximate surface area is 203 Å². The van der Waals surface area contributed by atoms with Crippen molar-refractivity contribution >= 4 is 29.1 Å². The number of ketones is 1. The van der Waals surface area contributed by atoms with E-state index in [2.05, 4.69) is 22.2 Å². The number of nitrogens with one attached hydrogen (secondary N) is 2. The van der Waals surface area contributed by atoms with E-state index in [1.807, 2.05) is 11.0 Å². The number of amides is 2. The van der Waals surface area contributed by atoms with Gasteiger partial charge in [0.1, 0.15) is 17.3 Å². The van der Waals surface area contributed by atoms with Gasteiger partial charge >= 0.3 is 0 Å². The van der Waals surface area contributed by atoms with Crippen molar-refractivity contribution < 1.29 is 19.1 Å². The summed E-state index contributed by atoms with van der Waals surface area (Å²) in [6.45, 7) is 6.25. The number of Topliss-reactive ketones (excluding diaryl/α,β-unsaturated/α-hetero) is 1. The van der Waals surface area contributed by atoms with Crippen LogP contribution in [-0.2, 0) is 4.79 Å². The van der Waals surface area contributed by atoms with Crippen LogP contribution in [0.4, 0.5) is 11.5 Å². The van der Waals surface area contributed by atoms with Gasteiger partial charge < -0.3 is 20.3 Å². The van der Waals surface area contributed by atoms with Gasteiger partial charge in [0.15, 0.2) is 5.78 Å². The normalized spacial score (nSPS) is 14.8. The van der Waals surface area contributed by atoms with Gasteiger partial charge in [0.25, 0.3) is 5.91 Å². The highest BCUT2D eigenvalue weighted by Gasteiger charge is 2.25. The molecule has 0 aliphatic carbocycles. The number of rotatable bonds is 8. The first-order chi connectivity index (χ1) is 16.9. The third-order valence-corrected chi connectivity index (χ3v) is 5.65. The van der Waals surface area contributed by atoms with Crippen LogP contribution in [0.3, 0.4) is 0 Å². The van der Waals surface area contributed by atoms with Crippen molar-refractivity contribution in [2.75, 3.05) is 23.3 Å². The summed E-state index contributed by atoms with van der Waals surface area (Å²) in [7, 11) is 0. The largest absolute Gasteiger partial charge is 0.456 e. The molecule has 3 aromatic rings. The molecule has 35 heavy (non-hydrogen) atoms. The van der Waals surface area contributed by atoms with Crippen molar-refractivity contribution in [3.8, 4) is 11.5 Å². The first kappa shape index (κ1) is 23.7. The average Bonchev–Trinajstić information content (AvgIpc) is 3.34. The molecule has 0 saturated carbocycles. The van der Waals surface area contributed by atoms with Crippen LogP contribution in [-0.4, -0.2) is 41.7 Å². The average molecular weight is 471 g/mol. The molecule has 0 unspecified atom stereocenters. The van der Waals surface area contributed by atoms with Gasteiger partial charge in [-0.3, -0.25) is 14.4 Å². The highest BCUT2D eigenvalue weighted by Crippen LogP contribution is 2.31. The van der Waals surface area contributed by atoms with Crippen molar-refractivity contribution in [2.24, 2.45) is 0 Å². The molecular weight excluding hydrogens is 444 g/mol. The Hall–Kier alpha value is -4.46. The minimum Gasteiger partial charge on any atom is -0.456 e. The number of nitrogens with zero attached hydrogens (tertiary/aromatic N) is 2. The number of anilines is 2. The van der Waals surface area contributed by atoms with Crippen molar-refractivity contribution in [3.63, 3.8) is 0 Å². The lowest BCUT2D eigenvalue weighted by molar-refractivity contribution is -0.117. The van der Waals surface area contributed by atoms with E-state index in [0.717, 1.165) is 6.42 Å². The van der Waals surface area contributed by atoms with Crippen LogP contribution < -0.4 is 20.3 Å². The number of aromatic nitrogens is 1. The first-order valence-corrected chi connectivity index (χ1v) is 11.3. The van der Waals surface area contributed by atoms with Gasteiger partial charge in [-0.2, -0.15) is 0 Å². The second-order valence-corrected chi connectivity index (χ2v) is 8.19. The Balaban J connectivity index is 1.47. The SMILES string of the molecule is C=CC(=O)N[C@H]1CCN(c2cc(Oc3ccc(NC(=O)c4ccccc4)cc3)c(C(C)=O)cn2)C1. The zero-order valence-electron chi connectivity index (χ0n) is 19.4. The number of hydrogen-bond donors (Lipinski definition) is 2. The smallest absolute Gasteiger partial charge is 0.255 e. The molecule has 2 amide bonds. The van der Waals surface area contributed by atoms with Crippen LogP contribution in [0.1, 0.15) is 34.1 Å². The number of pyridine rings is 1. The van der Waals surface area contributed by atoms with E-state index < -0.39 is 0 Å². The molecule has 2 N–H and O–H groups in total. The van der Waals surface area contributed by atoms with Gasteiger partial charge in [-0.1, -0.05) is 24.8 Å². The van der Waals surface area contributed by atoms with Crippen molar-refractivity contribution in [2.45, 2.75) is 19.4 Å². The third-order valence-electron chi connectivity index (χ3n) is 5.65. The summed E-state index contributed by atoms with van der Waals surface area (Å²) in [5, 5.41) is 5.75. The van der Waals surface area contributed by atoms with E-state index in [4.69, 9.17) is 4.74 Å². The first-order valence-electron chi connectivity index (χ1n) is 11.3. The summed E-state index contributed by atoms with van der Waals surface area (Å²) in [6, 6.07) is 17.6. The van der Waals surface area contributed by atoms with E-state index >= 15 is 0 Å². The van der Waals surface area contributed by atoms with E-state index in [1.165, 1.54) is 19.2 Å². The van der Waals surface area contributed by atoms with E-state index in [-0.39, 0.29) is 23.6 Å². The van der Waals surface area contributed by atoms with Crippen LogP contribution in [0.15, 0.2) is 79.5 Å². The van der Waals surface area contributed by atoms with Crippen molar-refractivity contribution in [1.29, 1.82) is 0 Å². The molecular formula is C27H26N4O4. The fourth-order valence-electron chi connectivity index (χ4n) is 3.82. The summed E-state index contributed by atoms with van der Waals surface area (Å²) < 4.78 is 6.04. The lowest BCUT2D eigenvalue weighted by Crippen LogP contribution is -2.36. The molecule has 1 saturated heterocycles. The van der Waals surface area contributed by atoms with Crippen molar-refractivity contribution in [1.82, 2.24) is 10.3 Å². The predicted molar refractivity (Wildman–Crippen MR) is 134 cm³/mol. The number of carbonyl (C=O) groups excluding carboxylic acids is 3. The molecule has 1 aliphatic heterocycles. The minimum atomic E-state index is -0.204. The Kier molecular flexibility index (Phi) is 7.21. The molecule has 4 rings (SSSR count). The van der Waals surface area contributed by atoms with Crippen LogP contribution in [0.25, 0.3) is 0 Å². The number of benzene rings is 2. The topological polar surface area (TPSA) is 101 Å². The van der Waals surface area contributed by atoms with E-state index in [1.54, 1.807) is 54.6 Å². The summed E-state index contributed by atoms with van der Waals surface area (Å²) >= 11 is 0. The lowest BCUT2D eigenvalue weighted by Gasteiger charge is -2.19. The molecule has 0 spiro atoms. The molecule has 2 aromatic carbocycles. The van der Waals surface area contributed by atoms with Crippen molar-refractivity contribution in [3.05, 3.63) is 90.6 Å². The maximum Gasteiger partial charge on any atom is 0.255 e. The summed E-state index contributed by atoms with van der Waals surface area (Å²) in [6.07, 6.45) is 3.55. The second-order valence-electron chi connectivity index (χ2n) is 8.19. The van der Waals surface area contributed by atoms with Gasteiger partial charge in [0.05, 0.1) is 5.56 Å². The number of carbonyl (C=O) groups is 3. The standard InChI is InChI=1S/C27H26N4O4/c1-3-26(33)29-21-13-14-31(17-21)25-15-24(23(16-28-25)18(2)32)35-22-11-9-20(10-12-22)30-27(34)19-7-5-4-6-8-19/h3-12,15-16,21H,1,13-14,17H2,2H3,(H,29,33)(H,30,34)/t21-/m0/s1. The molecule has 0 radical (unpaired) electrons. The van der Waals surface area contributed by atoms with Crippen LogP contribution >= 0.6 is 0 Å². The molecule has 8 heteroatoms. The Morgan fingerprint density at radius 3 is 2.54 bits per heavy atom. The summed E-state index contributed by atoms with van der Waals surface area (Å²) in [4.78, 5) is 42.6. The zero-order chi connectivity index (χ0) is 24.8. The maximum atomic E-state index is 12.4. The van der Waals surface area contributed by atoms with Gasteiger partial charge in [-0.15, -0.1) is 0 Å². The Morgan fingerprint density at radius 1 is 1.11 bits per heavy atom. The summed E-state index contributed by atoms with van der Waals surface area (Å²) in [5.74, 6) is 0.992. The quantitative estimate of drug-likeness (QED) is 0.378. The molecule has 178 valence electrons. The number of ether oxygens (including phenoxy) is 1. The van der Waals surface area contributed by atoms with E-state index in [9.17, 15) is 14.4 Å². The van der Waals surface area contributed by atoms with E-state index in [0.29, 0.717) is 47.2 Å². The lowest BCUT2D eigenvalue weighted by atomic mass is 10.2. The second kappa shape index (κ2) is 10.6. The molecule has 1 aromatic heterocycles. The molecule has 0 bridgehead atoms. The Bertz CT molecular complexity index is 1240. The van der Waals surface area contributed by atoms with Crippen LogP contribution in [0, 0.1) is 0 Å². The molecule has 1 atom stereocenters. The number of hydrogen-bond acceptors (Lipinski definition) is 6. The molecule has 1 fully saturated rings. The predicted octanol–water partition coefficient (Wildman–Crippen LogP) is 4.21. The fraction of sp³-hybridized carbons (Fsp3) is 0.185. The highest BCUT2D eigenvalue weighted by molar-refractivity contribution is 6.04. The van der Waals surface area contributed by atoms with Gasteiger partial charge in [0.2, 0.25) is 5.91 Å². The molecule has 2 heterocycles. The van der Waals surface area contributed by atoms with Gasteiger partial charge in [0, 0.05) is 42.6 Å². The summed E-state index contributed by atoms with van der Waals surface area (Å²) in [5.41, 5.74) is 1.56. The van der Waals surface area contributed by atoms with Gasteiger partial charge in [-0.25, -0.2) is 4.98 Å². The maximum absolute atomic E-state index is 12.4. The minimum absolute atomic E-state index is 0.00204. The molecule has 8 nitrogen and oxygen atoms in total. The highest BCUT2D eigenvalue weighted by atomic mass is 16.5.